The number of amides is 1. The minimum Gasteiger partial charge on any atom is -0.356 e. The molecule has 4 heteroatoms. The van der Waals surface area contributed by atoms with Crippen molar-refractivity contribution in [3.8, 4) is 0 Å². The summed E-state index contributed by atoms with van der Waals surface area (Å²) < 4.78 is 0. The Bertz CT molecular complexity index is 715. The van der Waals surface area contributed by atoms with E-state index in [1.54, 1.807) is 0 Å². The molecule has 0 unspecified atom stereocenters. The van der Waals surface area contributed by atoms with Crippen LogP contribution < -0.4 is 5.32 Å². The zero-order chi connectivity index (χ0) is 31.6. The monoisotopic (exact) mass is 616 g/mol. The molecule has 1 aromatic rings. The number of nitrogens with zero attached hydrogens (tertiary/aromatic N) is 1. The number of hydrogen-bond donors (Lipinski definition) is 2. The molecule has 44 heavy (non-hydrogen) atoms. The van der Waals surface area contributed by atoms with Crippen LogP contribution in [0.2, 0.25) is 0 Å². The lowest BCUT2D eigenvalue weighted by Gasteiger charge is -2.05. The van der Waals surface area contributed by atoms with Crippen LogP contribution in [0.15, 0.2) is 6.20 Å². The highest BCUT2D eigenvalue weighted by molar-refractivity contribution is 5.75. The molecule has 0 radical (unpaired) electrons. The second-order valence-corrected chi connectivity index (χ2v) is 13.9. The van der Waals surface area contributed by atoms with Gasteiger partial charge in [-0.2, -0.15) is 0 Å². The molecular weight excluding hydrogens is 538 g/mol. The summed E-state index contributed by atoms with van der Waals surface area (Å²) in [7, 11) is 0. The van der Waals surface area contributed by atoms with E-state index in [-0.39, 0.29) is 5.91 Å². The van der Waals surface area contributed by atoms with Crippen molar-refractivity contribution in [3.05, 3.63) is 17.7 Å². The molecule has 0 aromatic carbocycles. The van der Waals surface area contributed by atoms with Gasteiger partial charge in [-0.25, -0.2) is 4.98 Å². The van der Waals surface area contributed by atoms with Crippen LogP contribution in [0.25, 0.3) is 0 Å². The van der Waals surface area contributed by atoms with E-state index in [1.165, 1.54) is 186 Å². The van der Waals surface area contributed by atoms with Crippen molar-refractivity contribution in [3.63, 3.8) is 0 Å². The Kier molecular flexibility index (Phi) is 30.6. The minimum absolute atomic E-state index is 0.206. The van der Waals surface area contributed by atoms with Crippen LogP contribution in [0, 0.1) is 0 Å². The highest BCUT2D eigenvalue weighted by Gasteiger charge is 2.04. The number of aromatic nitrogens is 2. The molecule has 258 valence electrons. The molecule has 1 rings (SSSR count). The third kappa shape index (κ3) is 28.2. The molecule has 4 nitrogen and oxygen atoms in total. The maximum Gasteiger partial charge on any atom is 0.220 e. The van der Waals surface area contributed by atoms with Crippen LogP contribution in [-0.2, 0) is 17.6 Å². The Morgan fingerprint density at radius 3 is 1.30 bits per heavy atom. The van der Waals surface area contributed by atoms with Crippen molar-refractivity contribution in [1.29, 1.82) is 0 Å². The lowest BCUT2D eigenvalue weighted by Crippen LogP contribution is -2.25. The van der Waals surface area contributed by atoms with E-state index in [0.29, 0.717) is 13.0 Å². The smallest absolute Gasteiger partial charge is 0.220 e. The topological polar surface area (TPSA) is 57.8 Å². The van der Waals surface area contributed by atoms with Crippen LogP contribution in [-0.4, -0.2) is 22.4 Å². The number of imidazole rings is 1. The second kappa shape index (κ2) is 33.1. The molecule has 0 bridgehead atoms. The first-order valence-electron chi connectivity index (χ1n) is 20.1. The first-order valence-corrected chi connectivity index (χ1v) is 20.1. The van der Waals surface area contributed by atoms with E-state index in [1.807, 2.05) is 6.20 Å². The summed E-state index contributed by atoms with van der Waals surface area (Å²) in [5, 5.41) is 3.10. The highest BCUT2D eigenvalue weighted by atomic mass is 16.1. The zero-order valence-electron chi connectivity index (χ0n) is 30.0. The normalized spacial score (nSPS) is 11.4. The molecule has 0 saturated carbocycles. The largest absolute Gasteiger partial charge is 0.356 e. The van der Waals surface area contributed by atoms with Gasteiger partial charge in [-0.3, -0.25) is 4.79 Å². The van der Waals surface area contributed by atoms with Gasteiger partial charge in [0.25, 0.3) is 0 Å². The van der Waals surface area contributed by atoms with Crippen molar-refractivity contribution in [2.75, 3.05) is 6.54 Å². The van der Waals surface area contributed by atoms with Crippen molar-refractivity contribution >= 4 is 5.91 Å². The van der Waals surface area contributed by atoms with E-state index in [2.05, 4.69) is 29.1 Å². The van der Waals surface area contributed by atoms with E-state index in [9.17, 15) is 4.79 Å². The molecule has 0 spiro atoms. The van der Waals surface area contributed by atoms with Gasteiger partial charge in [-0.1, -0.05) is 194 Å². The molecule has 1 amide bonds. The summed E-state index contributed by atoms with van der Waals surface area (Å²) in [4.78, 5) is 20.2. The van der Waals surface area contributed by atoms with Gasteiger partial charge in [0.15, 0.2) is 0 Å². The number of nitrogens with one attached hydrogen (secondary N) is 2. The second-order valence-electron chi connectivity index (χ2n) is 13.9. The summed E-state index contributed by atoms with van der Waals surface area (Å²) in [5.74, 6) is 1.32. The summed E-state index contributed by atoms with van der Waals surface area (Å²) >= 11 is 0. The molecule has 1 aromatic heterocycles. The average Bonchev–Trinajstić information content (AvgIpc) is 3.48. The number of hydrogen-bond acceptors (Lipinski definition) is 2. The van der Waals surface area contributed by atoms with Crippen LogP contribution in [0.4, 0.5) is 0 Å². The number of carbonyl (C=O) groups excluding carboxylic acids is 1. The molecule has 0 fully saturated rings. The fourth-order valence-corrected chi connectivity index (χ4v) is 6.41. The molecule has 2 N–H and O–H groups in total. The summed E-state index contributed by atoms with van der Waals surface area (Å²) in [6.45, 7) is 5.29. The predicted molar refractivity (Wildman–Crippen MR) is 193 cm³/mol. The SMILES string of the molecule is CCCCCCCCCCCCCCCCCC(=O)NCCc1cnc(CCCCCCCCCCCCCCCCC)[nH]1. The molecule has 1 heterocycles. The van der Waals surface area contributed by atoms with E-state index >= 15 is 0 Å². The maximum atomic E-state index is 12.2. The number of aromatic amines is 1. The first kappa shape index (κ1) is 40.7. The van der Waals surface area contributed by atoms with Gasteiger partial charge in [0, 0.05) is 37.7 Å². The summed E-state index contributed by atoms with van der Waals surface area (Å²) in [5.41, 5.74) is 1.15. The van der Waals surface area contributed by atoms with Crippen LogP contribution in [0.5, 0.6) is 0 Å². The number of unbranched alkanes of at least 4 members (excludes halogenated alkanes) is 28. The maximum absolute atomic E-state index is 12.2. The molecule has 0 atom stereocenters. The Labute approximate surface area is 275 Å². The van der Waals surface area contributed by atoms with Gasteiger partial charge in [0.2, 0.25) is 5.91 Å². The fraction of sp³-hybridized carbons (Fsp3) is 0.900. The van der Waals surface area contributed by atoms with Crippen molar-refractivity contribution in [1.82, 2.24) is 15.3 Å². The molecule has 0 aliphatic carbocycles. The summed E-state index contributed by atoms with van der Waals surface area (Å²) in [6, 6.07) is 0. The molecular formula is C40H77N3O. The predicted octanol–water partition coefficient (Wildman–Crippen LogP) is 12.7. The summed E-state index contributed by atoms with van der Waals surface area (Å²) in [6.07, 6.45) is 45.9. The van der Waals surface area contributed by atoms with E-state index in [4.69, 9.17) is 0 Å². The molecule has 0 saturated heterocycles. The Morgan fingerprint density at radius 2 is 0.886 bits per heavy atom. The number of H-pyrrole nitrogens is 1. The van der Waals surface area contributed by atoms with Gasteiger partial charge < -0.3 is 10.3 Å². The highest BCUT2D eigenvalue weighted by Crippen LogP contribution is 2.15. The first-order chi connectivity index (χ1) is 21.8. The van der Waals surface area contributed by atoms with Gasteiger partial charge in [0.05, 0.1) is 0 Å². The van der Waals surface area contributed by atoms with Gasteiger partial charge in [0.1, 0.15) is 5.82 Å². The van der Waals surface area contributed by atoms with Gasteiger partial charge in [-0.15, -0.1) is 0 Å². The Balaban J connectivity index is 1.83. The Hall–Kier alpha value is -1.32. The van der Waals surface area contributed by atoms with Crippen LogP contribution in [0.3, 0.4) is 0 Å². The Morgan fingerprint density at radius 1 is 0.523 bits per heavy atom. The van der Waals surface area contributed by atoms with E-state index < -0.39 is 0 Å². The lowest BCUT2D eigenvalue weighted by atomic mass is 10.0. The number of carbonyl (C=O) groups is 1. The third-order valence-electron chi connectivity index (χ3n) is 9.42. The number of rotatable bonds is 35. The zero-order valence-corrected chi connectivity index (χ0v) is 30.0. The van der Waals surface area contributed by atoms with Crippen molar-refractivity contribution in [2.45, 2.75) is 226 Å². The quantitative estimate of drug-likeness (QED) is 0.0746. The van der Waals surface area contributed by atoms with Gasteiger partial charge >= 0.3 is 0 Å². The van der Waals surface area contributed by atoms with Crippen LogP contribution in [0.1, 0.15) is 224 Å². The van der Waals surface area contributed by atoms with Crippen molar-refractivity contribution in [2.24, 2.45) is 0 Å². The minimum atomic E-state index is 0.206. The third-order valence-corrected chi connectivity index (χ3v) is 9.42. The molecule has 0 aliphatic rings. The fourth-order valence-electron chi connectivity index (χ4n) is 6.41. The van der Waals surface area contributed by atoms with Crippen molar-refractivity contribution < 1.29 is 4.79 Å². The average molecular weight is 616 g/mol. The number of aryl methyl sites for hydroxylation is 1. The molecule has 0 aliphatic heterocycles. The van der Waals surface area contributed by atoms with Gasteiger partial charge in [-0.05, 0) is 12.8 Å². The lowest BCUT2D eigenvalue weighted by molar-refractivity contribution is -0.121. The van der Waals surface area contributed by atoms with Crippen LogP contribution >= 0.6 is 0 Å². The van der Waals surface area contributed by atoms with E-state index in [0.717, 1.165) is 30.8 Å². The standard InChI is InChI=1S/C40H77N3O/c1-3-5-7-9-11-13-15-17-19-21-23-25-27-29-31-33-39-42-37-38(43-39)35-36-41-40(44)34-32-30-28-26-24-22-20-18-16-14-12-10-8-6-4-2/h37H,3-36H2,1-2H3,(H,41,44)(H,42,43).